The average molecular weight is 417 g/mol. The molecule has 3 rings (SSSR count). The van der Waals surface area contributed by atoms with Gasteiger partial charge in [0.2, 0.25) is 0 Å². The highest BCUT2D eigenvalue weighted by atomic mass is 35.5. The Morgan fingerprint density at radius 3 is 2.69 bits per heavy atom. The van der Waals surface area contributed by atoms with Crippen molar-refractivity contribution in [2.45, 2.75) is 13.3 Å². The number of rotatable bonds is 8. The Morgan fingerprint density at radius 2 is 1.97 bits per heavy atom. The first-order chi connectivity index (χ1) is 13.9. The summed E-state index contributed by atoms with van der Waals surface area (Å²) in [5.41, 5.74) is 1.42. The summed E-state index contributed by atoms with van der Waals surface area (Å²) in [5.74, 6) is -0.797. The number of halogens is 1. The third kappa shape index (κ3) is 4.58. The third-order valence-corrected chi connectivity index (χ3v) is 4.95. The minimum absolute atomic E-state index is 0.146. The van der Waals surface area contributed by atoms with Crippen molar-refractivity contribution in [3.63, 3.8) is 0 Å². The molecule has 1 atom stereocenters. The van der Waals surface area contributed by atoms with E-state index in [1.165, 1.54) is 11.0 Å². The van der Waals surface area contributed by atoms with Crippen LogP contribution in [0.15, 0.2) is 42.5 Å². The number of anilines is 2. The molecule has 2 amide bonds. The summed E-state index contributed by atoms with van der Waals surface area (Å²) in [7, 11) is 1.54. The van der Waals surface area contributed by atoms with E-state index in [1.54, 1.807) is 31.4 Å². The second kappa shape index (κ2) is 9.07. The maximum atomic E-state index is 12.6. The monoisotopic (exact) mass is 416 g/mol. The molecule has 152 valence electrons. The van der Waals surface area contributed by atoms with Gasteiger partial charge in [-0.25, -0.2) is 0 Å². The number of Topliss-reactive ketones (excluding diaryl/α,β-unsaturated/α-hetero) is 1. The number of carbonyl (C=O) groups is 3. The van der Waals surface area contributed by atoms with E-state index in [1.807, 2.05) is 19.1 Å². The summed E-state index contributed by atoms with van der Waals surface area (Å²) in [6, 6.07) is 12.0. The summed E-state index contributed by atoms with van der Waals surface area (Å²) >= 11 is 5.96. The molecule has 2 aromatic rings. The van der Waals surface area contributed by atoms with Crippen LogP contribution in [0, 0.1) is 0 Å². The van der Waals surface area contributed by atoms with Gasteiger partial charge < -0.3 is 15.0 Å². The van der Waals surface area contributed by atoms with Gasteiger partial charge >= 0.3 is 5.91 Å². The number of benzene rings is 2. The van der Waals surface area contributed by atoms with Crippen LogP contribution in [0.25, 0.3) is 0 Å². The molecule has 0 saturated heterocycles. The lowest BCUT2D eigenvalue weighted by Gasteiger charge is -2.24. The molecular weight excluding hydrogens is 394 g/mol. The van der Waals surface area contributed by atoms with Crippen LogP contribution in [0.5, 0.6) is 5.75 Å². The lowest BCUT2D eigenvalue weighted by molar-refractivity contribution is -0.890. The molecule has 0 spiro atoms. The van der Waals surface area contributed by atoms with Crippen LogP contribution >= 0.6 is 11.6 Å². The summed E-state index contributed by atoms with van der Waals surface area (Å²) in [6.45, 7) is 3.03. The molecule has 0 aliphatic carbocycles. The summed E-state index contributed by atoms with van der Waals surface area (Å²) in [6.07, 6.45) is 0.820. The van der Waals surface area contributed by atoms with Crippen molar-refractivity contribution < 1.29 is 24.0 Å². The maximum Gasteiger partial charge on any atom is 0.303 e. The summed E-state index contributed by atoms with van der Waals surface area (Å²) in [5, 5.41) is 3.25. The lowest BCUT2D eigenvalue weighted by Crippen LogP contribution is -3.14. The standard InChI is InChI=1S/C21H22ClN3O4/c1-3-10-24(12-19(26)23-16-6-4-5-7-18(16)29-2)13-25-17-9-8-14(22)11-15(17)20(27)21(25)28/h4-9,11H,3,10,12-13H2,1-2H3,(H,23,26)/p+1. The Balaban J connectivity index is 1.73. The molecule has 0 saturated carbocycles. The summed E-state index contributed by atoms with van der Waals surface area (Å²) < 4.78 is 5.26. The van der Waals surface area contributed by atoms with Gasteiger partial charge in [-0.15, -0.1) is 0 Å². The van der Waals surface area contributed by atoms with Crippen molar-refractivity contribution in [2.75, 3.05) is 37.1 Å². The molecule has 1 heterocycles. The van der Waals surface area contributed by atoms with Crippen LogP contribution in [0.2, 0.25) is 5.02 Å². The molecule has 1 aliphatic rings. The highest BCUT2D eigenvalue weighted by Gasteiger charge is 2.38. The van der Waals surface area contributed by atoms with E-state index in [4.69, 9.17) is 16.3 Å². The van der Waals surface area contributed by atoms with Crippen LogP contribution in [0.4, 0.5) is 11.4 Å². The molecule has 7 nitrogen and oxygen atoms in total. The topological polar surface area (TPSA) is 80.2 Å². The van der Waals surface area contributed by atoms with Gasteiger partial charge in [-0.1, -0.05) is 30.7 Å². The highest BCUT2D eigenvalue weighted by Crippen LogP contribution is 2.30. The van der Waals surface area contributed by atoms with Crippen LogP contribution < -0.4 is 19.9 Å². The molecule has 1 aliphatic heterocycles. The van der Waals surface area contributed by atoms with Gasteiger partial charge in [-0.2, -0.15) is 0 Å². The first-order valence-corrected chi connectivity index (χ1v) is 9.74. The number of quaternary nitrogens is 1. The minimum atomic E-state index is -0.596. The molecule has 2 N–H and O–H groups in total. The Morgan fingerprint density at radius 1 is 1.21 bits per heavy atom. The lowest BCUT2D eigenvalue weighted by atomic mass is 10.1. The Labute approximate surface area is 174 Å². The Kier molecular flexibility index (Phi) is 6.51. The number of carbonyl (C=O) groups excluding carboxylic acids is 3. The van der Waals surface area contributed by atoms with Crippen molar-refractivity contribution in [3.05, 3.63) is 53.1 Å². The van der Waals surface area contributed by atoms with Gasteiger partial charge in [0.1, 0.15) is 5.75 Å². The first-order valence-electron chi connectivity index (χ1n) is 9.36. The van der Waals surface area contributed by atoms with Crippen LogP contribution in [-0.2, 0) is 9.59 Å². The second-order valence-electron chi connectivity index (χ2n) is 6.81. The van der Waals surface area contributed by atoms with Gasteiger partial charge in [0.15, 0.2) is 13.2 Å². The normalized spacial score (nSPS) is 14.0. The van der Waals surface area contributed by atoms with Gasteiger partial charge in [0, 0.05) is 5.02 Å². The fourth-order valence-corrected chi connectivity index (χ4v) is 3.57. The van der Waals surface area contributed by atoms with E-state index < -0.39 is 11.7 Å². The molecule has 1 unspecified atom stereocenters. The average Bonchev–Trinajstić information content (AvgIpc) is 2.93. The van der Waals surface area contributed by atoms with Gasteiger partial charge in [0.05, 0.1) is 30.6 Å². The van der Waals surface area contributed by atoms with E-state index in [9.17, 15) is 14.4 Å². The smallest absolute Gasteiger partial charge is 0.303 e. The number of para-hydroxylation sites is 2. The van der Waals surface area contributed by atoms with Gasteiger partial charge in [0.25, 0.3) is 11.7 Å². The van der Waals surface area contributed by atoms with Crippen molar-refractivity contribution in [1.29, 1.82) is 0 Å². The van der Waals surface area contributed by atoms with E-state index in [-0.39, 0.29) is 19.1 Å². The van der Waals surface area contributed by atoms with E-state index >= 15 is 0 Å². The van der Waals surface area contributed by atoms with Crippen molar-refractivity contribution >= 4 is 40.6 Å². The fraction of sp³-hybridized carbons (Fsp3) is 0.286. The van der Waals surface area contributed by atoms with Crippen LogP contribution in [-0.4, -0.2) is 44.5 Å². The summed E-state index contributed by atoms with van der Waals surface area (Å²) in [4.78, 5) is 39.6. The van der Waals surface area contributed by atoms with Crippen molar-refractivity contribution in [2.24, 2.45) is 0 Å². The fourth-order valence-electron chi connectivity index (χ4n) is 3.40. The van der Waals surface area contributed by atoms with Crippen LogP contribution in [0.1, 0.15) is 23.7 Å². The molecule has 0 aromatic heterocycles. The van der Waals surface area contributed by atoms with Crippen molar-refractivity contribution in [3.8, 4) is 5.75 Å². The number of amides is 2. The number of hydrogen-bond acceptors (Lipinski definition) is 4. The first kappa shape index (κ1) is 20.8. The SMILES string of the molecule is CCC[NH+](CC(=O)Nc1ccccc1OC)CN1C(=O)C(=O)c2cc(Cl)ccc21. The van der Waals surface area contributed by atoms with Gasteiger partial charge in [-0.05, 0) is 36.8 Å². The van der Waals surface area contributed by atoms with Crippen molar-refractivity contribution in [1.82, 2.24) is 0 Å². The quantitative estimate of drug-likeness (QED) is 0.643. The number of ketones is 1. The number of hydrogen-bond donors (Lipinski definition) is 2. The predicted octanol–water partition coefficient (Wildman–Crippen LogP) is 1.77. The molecule has 29 heavy (non-hydrogen) atoms. The molecular formula is C21H23ClN3O4+. The number of methoxy groups -OCH3 is 1. The predicted molar refractivity (Wildman–Crippen MR) is 111 cm³/mol. The van der Waals surface area contributed by atoms with E-state index in [0.717, 1.165) is 11.3 Å². The Hall–Kier alpha value is -2.90. The molecule has 0 bridgehead atoms. The zero-order valence-electron chi connectivity index (χ0n) is 16.3. The highest BCUT2D eigenvalue weighted by molar-refractivity contribution is 6.52. The van der Waals surface area contributed by atoms with E-state index in [0.29, 0.717) is 34.3 Å². The number of ether oxygens (including phenoxy) is 1. The Bertz CT molecular complexity index is 947. The zero-order valence-corrected chi connectivity index (χ0v) is 17.1. The molecule has 0 radical (unpaired) electrons. The molecule has 0 fully saturated rings. The number of nitrogens with one attached hydrogen (secondary N) is 2. The zero-order chi connectivity index (χ0) is 21.0. The second-order valence-corrected chi connectivity index (χ2v) is 7.24. The van der Waals surface area contributed by atoms with Gasteiger partial charge in [-0.3, -0.25) is 19.3 Å². The maximum absolute atomic E-state index is 12.6. The number of nitrogens with zero attached hydrogens (tertiary/aromatic N) is 1. The largest absolute Gasteiger partial charge is 0.495 e. The molecule has 2 aromatic carbocycles. The van der Waals surface area contributed by atoms with E-state index in [2.05, 4.69) is 5.32 Å². The number of fused-ring (bicyclic) bond motifs is 1. The minimum Gasteiger partial charge on any atom is -0.495 e. The molecule has 8 heteroatoms. The third-order valence-electron chi connectivity index (χ3n) is 4.71. The van der Waals surface area contributed by atoms with Crippen LogP contribution in [0.3, 0.4) is 0 Å².